The number of carbonyl (C=O) groups excluding carboxylic acids is 1. The second kappa shape index (κ2) is 7.84. The molecule has 0 bridgehead atoms. The first-order valence-electron chi connectivity index (χ1n) is 9.19. The molecular formula is C19H19N5O5. The van der Waals surface area contributed by atoms with E-state index in [0.29, 0.717) is 37.9 Å². The lowest BCUT2D eigenvalue weighted by atomic mass is 10.2. The molecule has 1 aliphatic heterocycles. The molecule has 150 valence electrons. The second-order valence-corrected chi connectivity index (χ2v) is 6.72. The molecule has 4 rings (SSSR count). The fourth-order valence-electron chi connectivity index (χ4n) is 3.27. The average Bonchev–Trinajstić information content (AvgIpc) is 3.44. The molecule has 1 aromatic carbocycles. The van der Waals surface area contributed by atoms with Gasteiger partial charge in [-0.25, -0.2) is 0 Å². The van der Waals surface area contributed by atoms with Gasteiger partial charge in [-0.3, -0.25) is 19.8 Å². The molecule has 1 atom stereocenters. The fraction of sp³-hybridized carbons (Fsp3) is 0.316. The Morgan fingerprint density at radius 3 is 2.52 bits per heavy atom. The summed E-state index contributed by atoms with van der Waals surface area (Å²) in [5.41, 5.74) is 0.887. The predicted molar refractivity (Wildman–Crippen MR) is 101 cm³/mol. The minimum atomic E-state index is -0.662. The zero-order chi connectivity index (χ0) is 20.4. The van der Waals surface area contributed by atoms with E-state index in [1.165, 1.54) is 12.1 Å². The molecule has 3 aromatic rings. The number of nitrogens with zero attached hydrogens (tertiary/aromatic N) is 5. The van der Waals surface area contributed by atoms with E-state index >= 15 is 0 Å². The Balaban J connectivity index is 1.37. The molecule has 0 spiro atoms. The molecule has 10 nitrogen and oxygen atoms in total. The lowest BCUT2D eigenvalue weighted by Crippen LogP contribution is -2.49. The van der Waals surface area contributed by atoms with Gasteiger partial charge in [-0.1, -0.05) is 35.5 Å². The summed E-state index contributed by atoms with van der Waals surface area (Å²) in [4.78, 5) is 30.8. The SMILES string of the molecule is CC(c1nc(-c2ccccc2)no1)N1CCN(C(=O)c2ccc([N+](=O)[O-])o2)CC1. The Kier molecular flexibility index (Phi) is 5.09. The van der Waals surface area contributed by atoms with Crippen LogP contribution in [0.15, 0.2) is 51.4 Å². The van der Waals surface area contributed by atoms with Crippen molar-refractivity contribution in [2.45, 2.75) is 13.0 Å². The molecular weight excluding hydrogens is 378 g/mol. The van der Waals surface area contributed by atoms with Crippen LogP contribution in [0.25, 0.3) is 11.4 Å². The fourth-order valence-corrected chi connectivity index (χ4v) is 3.27. The highest BCUT2D eigenvalue weighted by atomic mass is 16.6. The number of piperazine rings is 1. The van der Waals surface area contributed by atoms with Gasteiger partial charge in [0.05, 0.1) is 12.1 Å². The van der Waals surface area contributed by atoms with Crippen LogP contribution in [0.5, 0.6) is 0 Å². The van der Waals surface area contributed by atoms with E-state index in [2.05, 4.69) is 15.0 Å². The third kappa shape index (κ3) is 3.87. The summed E-state index contributed by atoms with van der Waals surface area (Å²) in [6.07, 6.45) is 0. The standard InChI is InChI=1S/C19H19N5O5/c1-13(18-20-17(21-29-18)14-5-3-2-4-6-14)22-9-11-23(12-10-22)19(25)15-7-8-16(28-15)24(26)27/h2-8,13H,9-12H2,1H3. The Labute approximate surface area is 165 Å². The largest absolute Gasteiger partial charge is 0.433 e. The number of hydrogen-bond acceptors (Lipinski definition) is 8. The average molecular weight is 397 g/mol. The maximum Gasteiger partial charge on any atom is 0.433 e. The van der Waals surface area contributed by atoms with Gasteiger partial charge in [-0.15, -0.1) is 0 Å². The van der Waals surface area contributed by atoms with Crippen molar-refractivity contribution in [3.8, 4) is 11.4 Å². The summed E-state index contributed by atoms with van der Waals surface area (Å²) in [7, 11) is 0. The highest BCUT2D eigenvalue weighted by Crippen LogP contribution is 2.24. The number of amides is 1. The number of benzene rings is 1. The monoisotopic (exact) mass is 397 g/mol. The lowest BCUT2D eigenvalue weighted by molar-refractivity contribution is -0.402. The summed E-state index contributed by atoms with van der Waals surface area (Å²) < 4.78 is 10.5. The molecule has 3 heterocycles. The van der Waals surface area contributed by atoms with Gasteiger partial charge in [0.2, 0.25) is 11.7 Å². The summed E-state index contributed by atoms with van der Waals surface area (Å²) in [6, 6.07) is 12.0. The van der Waals surface area contributed by atoms with Crippen LogP contribution in [0, 0.1) is 10.1 Å². The maximum atomic E-state index is 12.5. The van der Waals surface area contributed by atoms with E-state index in [4.69, 9.17) is 8.94 Å². The van der Waals surface area contributed by atoms with Gasteiger partial charge in [0.1, 0.15) is 4.92 Å². The third-order valence-corrected chi connectivity index (χ3v) is 4.96. The summed E-state index contributed by atoms with van der Waals surface area (Å²) in [5.74, 6) is 0.245. The van der Waals surface area contributed by atoms with Crippen LogP contribution in [-0.4, -0.2) is 56.9 Å². The molecule has 0 radical (unpaired) electrons. The molecule has 0 saturated carbocycles. The van der Waals surface area contributed by atoms with Crippen molar-refractivity contribution in [1.29, 1.82) is 0 Å². The predicted octanol–water partition coefficient (Wildman–Crippen LogP) is 2.76. The van der Waals surface area contributed by atoms with Crippen LogP contribution in [0.2, 0.25) is 0 Å². The molecule has 1 fully saturated rings. The minimum Gasteiger partial charge on any atom is -0.395 e. The van der Waals surface area contributed by atoms with Gasteiger partial charge in [-0.05, 0) is 13.0 Å². The van der Waals surface area contributed by atoms with Crippen molar-refractivity contribution in [3.05, 3.63) is 64.2 Å². The summed E-state index contributed by atoms with van der Waals surface area (Å²) in [5, 5.41) is 14.8. The quantitative estimate of drug-likeness (QED) is 0.476. The molecule has 29 heavy (non-hydrogen) atoms. The highest BCUT2D eigenvalue weighted by Gasteiger charge is 2.30. The Bertz CT molecular complexity index is 1010. The van der Waals surface area contributed by atoms with Gasteiger partial charge in [-0.2, -0.15) is 4.98 Å². The van der Waals surface area contributed by atoms with Gasteiger partial charge >= 0.3 is 5.88 Å². The molecule has 1 aliphatic rings. The number of hydrogen-bond donors (Lipinski definition) is 0. The van der Waals surface area contributed by atoms with Crippen LogP contribution in [-0.2, 0) is 0 Å². The van der Waals surface area contributed by atoms with E-state index in [0.717, 1.165) is 5.56 Å². The van der Waals surface area contributed by atoms with E-state index < -0.39 is 10.8 Å². The second-order valence-electron chi connectivity index (χ2n) is 6.72. The minimum absolute atomic E-state index is 0.0254. The van der Waals surface area contributed by atoms with Crippen LogP contribution in [0.3, 0.4) is 0 Å². The van der Waals surface area contributed by atoms with E-state index in [1.54, 1.807) is 4.90 Å². The summed E-state index contributed by atoms with van der Waals surface area (Å²) in [6.45, 7) is 4.14. The van der Waals surface area contributed by atoms with Crippen LogP contribution in [0.4, 0.5) is 5.88 Å². The van der Waals surface area contributed by atoms with Crippen LogP contribution >= 0.6 is 0 Å². The van der Waals surface area contributed by atoms with Crippen molar-refractivity contribution in [2.24, 2.45) is 0 Å². The van der Waals surface area contributed by atoms with Gasteiger partial charge in [0.15, 0.2) is 5.76 Å². The molecule has 1 saturated heterocycles. The van der Waals surface area contributed by atoms with Crippen molar-refractivity contribution < 1.29 is 18.7 Å². The van der Waals surface area contributed by atoms with E-state index in [9.17, 15) is 14.9 Å². The molecule has 10 heteroatoms. The first kappa shape index (κ1) is 18.8. The molecule has 0 N–H and O–H groups in total. The first-order chi connectivity index (χ1) is 14.0. The van der Waals surface area contributed by atoms with E-state index in [1.807, 2.05) is 37.3 Å². The smallest absolute Gasteiger partial charge is 0.395 e. The maximum absolute atomic E-state index is 12.5. The van der Waals surface area contributed by atoms with E-state index in [-0.39, 0.29) is 17.7 Å². The number of furan rings is 1. The molecule has 2 aromatic heterocycles. The topological polar surface area (TPSA) is 119 Å². The molecule has 0 aliphatic carbocycles. The summed E-state index contributed by atoms with van der Waals surface area (Å²) >= 11 is 0. The number of aromatic nitrogens is 2. The van der Waals surface area contributed by atoms with Gasteiger partial charge in [0, 0.05) is 31.7 Å². The molecule has 1 amide bonds. The van der Waals surface area contributed by atoms with Crippen molar-refractivity contribution in [3.63, 3.8) is 0 Å². The Hall–Kier alpha value is -3.53. The highest BCUT2D eigenvalue weighted by molar-refractivity contribution is 5.91. The van der Waals surface area contributed by atoms with Crippen molar-refractivity contribution in [2.75, 3.05) is 26.2 Å². The number of rotatable bonds is 5. The van der Waals surface area contributed by atoms with Crippen LogP contribution < -0.4 is 0 Å². The zero-order valence-corrected chi connectivity index (χ0v) is 15.7. The van der Waals surface area contributed by atoms with Crippen LogP contribution in [0.1, 0.15) is 29.4 Å². The van der Waals surface area contributed by atoms with Crippen molar-refractivity contribution >= 4 is 11.8 Å². The Morgan fingerprint density at radius 1 is 1.14 bits per heavy atom. The van der Waals surface area contributed by atoms with Gasteiger partial charge < -0.3 is 13.8 Å². The third-order valence-electron chi connectivity index (χ3n) is 4.96. The zero-order valence-electron chi connectivity index (χ0n) is 15.7. The number of carbonyl (C=O) groups is 1. The number of nitro groups is 1. The molecule has 1 unspecified atom stereocenters. The Morgan fingerprint density at radius 2 is 1.86 bits per heavy atom. The first-order valence-corrected chi connectivity index (χ1v) is 9.19. The normalized spacial score (nSPS) is 16.0. The van der Waals surface area contributed by atoms with Crippen molar-refractivity contribution in [1.82, 2.24) is 19.9 Å². The lowest BCUT2D eigenvalue weighted by Gasteiger charge is -2.36. The van der Waals surface area contributed by atoms with Gasteiger partial charge in [0.25, 0.3) is 5.91 Å².